The van der Waals surface area contributed by atoms with Crippen LogP contribution in [-0.2, 0) is 0 Å². The fourth-order valence-corrected chi connectivity index (χ4v) is 3.44. The maximum absolute atomic E-state index is 14.5. The molecule has 0 N–H and O–H groups in total. The molecule has 2 aromatic carbocycles. The van der Waals surface area contributed by atoms with Gasteiger partial charge in [-0.1, -0.05) is 18.2 Å². The van der Waals surface area contributed by atoms with Crippen molar-refractivity contribution in [2.24, 2.45) is 4.99 Å². The predicted molar refractivity (Wildman–Crippen MR) is 93.4 cm³/mol. The van der Waals surface area contributed by atoms with E-state index in [0.717, 1.165) is 6.07 Å². The molecule has 132 valence electrons. The van der Waals surface area contributed by atoms with Crippen LogP contribution in [-0.4, -0.2) is 12.4 Å². The van der Waals surface area contributed by atoms with Crippen molar-refractivity contribution in [1.82, 2.24) is 0 Å². The summed E-state index contributed by atoms with van der Waals surface area (Å²) < 4.78 is 54.9. The zero-order valence-corrected chi connectivity index (χ0v) is 15.1. The average Bonchev–Trinajstić information content (AvgIpc) is 2.56. The maximum Gasteiger partial charge on any atom is 0.266 e. The molecule has 0 fully saturated rings. The Balaban J connectivity index is 2.09. The predicted octanol–water partition coefficient (Wildman–Crippen LogP) is 6.01. The van der Waals surface area contributed by atoms with Gasteiger partial charge < -0.3 is 4.90 Å². The molecule has 1 heterocycles. The van der Waals surface area contributed by atoms with Crippen molar-refractivity contribution < 1.29 is 17.6 Å². The van der Waals surface area contributed by atoms with Crippen LogP contribution in [0.4, 0.5) is 23.2 Å². The number of halogens is 5. The summed E-state index contributed by atoms with van der Waals surface area (Å²) in [6, 6.07) is 6.26. The number of hydrogen-bond donors (Lipinski definition) is 0. The zero-order valence-electron chi connectivity index (χ0n) is 13.5. The van der Waals surface area contributed by atoms with Crippen molar-refractivity contribution in [3.05, 3.63) is 63.1 Å². The van der Waals surface area contributed by atoms with Crippen molar-refractivity contribution in [1.29, 1.82) is 0 Å². The second-order valence-electron chi connectivity index (χ2n) is 5.87. The van der Waals surface area contributed by atoms with E-state index >= 15 is 0 Å². The molecule has 0 bridgehead atoms. The van der Waals surface area contributed by atoms with E-state index in [4.69, 9.17) is 0 Å². The summed E-state index contributed by atoms with van der Waals surface area (Å²) in [7, 11) is 0. The Morgan fingerprint density at radius 1 is 1.16 bits per heavy atom. The Morgan fingerprint density at radius 3 is 2.52 bits per heavy atom. The highest BCUT2D eigenvalue weighted by atomic mass is 79.9. The fourth-order valence-electron chi connectivity index (χ4n) is 3.08. The smallest absolute Gasteiger partial charge is 0.266 e. The van der Waals surface area contributed by atoms with E-state index in [1.165, 1.54) is 18.2 Å². The third-order valence-corrected chi connectivity index (χ3v) is 4.95. The van der Waals surface area contributed by atoms with Crippen LogP contribution in [0, 0.1) is 11.6 Å². The molecular formula is C18H15BrF4N2. The van der Waals surface area contributed by atoms with Gasteiger partial charge in [0.2, 0.25) is 0 Å². The minimum Gasteiger partial charge on any atom is -0.342 e. The van der Waals surface area contributed by atoms with E-state index in [2.05, 4.69) is 20.9 Å². The molecule has 1 aliphatic rings. The molecule has 0 amide bonds. The monoisotopic (exact) mass is 414 g/mol. The Bertz CT molecular complexity index is 838. The molecule has 0 aliphatic carbocycles. The summed E-state index contributed by atoms with van der Waals surface area (Å²) in [5.74, 6) is -1.40. The number of rotatable bonds is 3. The molecule has 2 nitrogen and oxygen atoms in total. The summed E-state index contributed by atoms with van der Waals surface area (Å²) >= 11 is 3.13. The van der Waals surface area contributed by atoms with Gasteiger partial charge >= 0.3 is 0 Å². The topological polar surface area (TPSA) is 15.6 Å². The Labute approximate surface area is 151 Å². The molecule has 1 aliphatic heterocycles. The first-order chi connectivity index (χ1) is 11.8. The highest BCUT2D eigenvalue weighted by Crippen LogP contribution is 2.38. The third-order valence-electron chi connectivity index (χ3n) is 4.34. The van der Waals surface area contributed by atoms with E-state index in [9.17, 15) is 17.6 Å². The molecular weight excluding hydrogens is 400 g/mol. The zero-order chi connectivity index (χ0) is 18.3. The minimum absolute atomic E-state index is 0.121. The van der Waals surface area contributed by atoms with Gasteiger partial charge in [-0.25, -0.2) is 17.6 Å². The van der Waals surface area contributed by atoms with Crippen LogP contribution < -0.4 is 4.90 Å². The fraction of sp³-hybridized carbons (Fsp3) is 0.278. The summed E-state index contributed by atoms with van der Waals surface area (Å²) in [5.41, 5.74) is 0.692. The Morgan fingerprint density at radius 2 is 1.84 bits per heavy atom. The Kier molecular flexibility index (Phi) is 4.86. The summed E-state index contributed by atoms with van der Waals surface area (Å²) in [4.78, 5) is 6.06. The number of aliphatic imine (C=N–C) groups is 1. The number of hydrogen-bond acceptors (Lipinski definition) is 2. The lowest BCUT2D eigenvalue weighted by Crippen LogP contribution is -2.37. The van der Waals surface area contributed by atoms with Crippen LogP contribution in [0.5, 0.6) is 0 Å². The lowest BCUT2D eigenvalue weighted by molar-refractivity contribution is 0.146. The van der Waals surface area contributed by atoms with Crippen LogP contribution in [0.1, 0.15) is 43.0 Å². The lowest BCUT2D eigenvalue weighted by Gasteiger charge is -2.38. The van der Waals surface area contributed by atoms with Gasteiger partial charge in [0.05, 0.1) is 21.8 Å². The van der Waals surface area contributed by atoms with Crippen molar-refractivity contribution >= 4 is 27.8 Å². The lowest BCUT2D eigenvalue weighted by atomic mass is 10.00. The molecule has 0 saturated heterocycles. The second kappa shape index (κ2) is 6.78. The molecule has 2 atom stereocenters. The van der Waals surface area contributed by atoms with Crippen LogP contribution in [0.25, 0.3) is 0 Å². The van der Waals surface area contributed by atoms with Crippen LogP contribution in [0.15, 0.2) is 39.8 Å². The summed E-state index contributed by atoms with van der Waals surface area (Å²) in [6.07, 6.45) is -1.67. The van der Waals surface area contributed by atoms with Crippen LogP contribution in [0.3, 0.4) is 0 Å². The first-order valence-corrected chi connectivity index (χ1v) is 8.47. The van der Waals surface area contributed by atoms with Gasteiger partial charge in [0.15, 0.2) is 0 Å². The first-order valence-electron chi connectivity index (χ1n) is 7.68. The van der Waals surface area contributed by atoms with Gasteiger partial charge in [-0.05, 0) is 41.9 Å². The molecule has 0 aromatic heterocycles. The maximum atomic E-state index is 14.5. The largest absolute Gasteiger partial charge is 0.342 e. The number of fused-ring (bicyclic) bond motifs is 1. The number of nitrogens with zero attached hydrogens (tertiary/aromatic N) is 2. The van der Waals surface area contributed by atoms with Gasteiger partial charge in [0, 0.05) is 17.3 Å². The molecule has 25 heavy (non-hydrogen) atoms. The van der Waals surface area contributed by atoms with Crippen molar-refractivity contribution in [2.75, 3.05) is 4.90 Å². The minimum atomic E-state index is -2.90. The van der Waals surface area contributed by atoms with Crippen molar-refractivity contribution in [2.45, 2.75) is 32.5 Å². The Hall–Kier alpha value is -1.89. The first kappa shape index (κ1) is 17.9. The van der Waals surface area contributed by atoms with Gasteiger partial charge in [0.1, 0.15) is 17.8 Å². The van der Waals surface area contributed by atoms with Gasteiger partial charge in [0.25, 0.3) is 6.43 Å². The van der Waals surface area contributed by atoms with Crippen LogP contribution in [0.2, 0.25) is 0 Å². The SMILES string of the molecule is CC(c1cccc(C(F)F)c1F)N1c2cc(F)c(Br)cc2C=N[C@@H]1C. The van der Waals surface area contributed by atoms with E-state index in [-0.39, 0.29) is 5.56 Å². The van der Waals surface area contributed by atoms with Gasteiger partial charge in [-0.15, -0.1) is 0 Å². The highest BCUT2D eigenvalue weighted by Gasteiger charge is 2.30. The summed E-state index contributed by atoms with van der Waals surface area (Å²) in [6.45, 7) is 3.47. The average molecular weight is 415 g/mol. The molecule has 0 radical (unpaired) electrons. The molecule has 1 unspecified atom stereocenters. The van der Waals surface area contributed by atoms with E-state index in [0.29, 0.717) is 15.7 Å². The van der Waals surface area contributed by atoms with Gasteiger partial charge in [-0.2, -0.15) is 0 Å². The third kappa shape index (κ3) is 3.17. The van der Waals surface area contributed by atoms with Crippen molar-refractivity contribution in [3.63, 3.8) is 0 Å². The molecule has 2 aromatic rings. The van der Waals surface area contributed by atoms with Gasteiger partial charge in [-0.3, -0.25) is 4.99 Å². The molecule has 0 saturated carbocycles. The number of alkyl halides is 2. The standard InChI is InChI=1S/C18H15BrF4N2/c1-9(12-4-3-5-13(17(12)21)18(22)23)25-10(2)24-8-11-6-14(19)15(20)7-16(11)25/h3-10,18H,1-2H3/t9?,10-/m0/s1. The highest BCUT2D eigenvalue weighted by molar-refractivity contribution is 9.10. The van der Waals surface area contributed by atoms with E-state index in [1.54, 1.807) is 31.0 Å². The second-order valence-corrected chi connectivity index (χ2v) is 6.72. The van der Waals surface area contributed by atoms with Crippen molar-refractivity contribution in [3.8, 4) is 0 Å². The normalized spacial score (nSPS) is 17.8. The van der Waals surface area contributed by atoms with E-state index in [1.807, 2.05) is 0 Å². The number of benzene rings is 2. The molecule has 7 heteroatoms. The van der Waals surface area contributed by atoms with E-state index < -0.39 is 35.8 Å². The summed E-state index contributed by atoms with van der Waals surface area (Å²) in [5, 5.41) is 0. The molecule has 3 rings (SSSR count). The van der Waals surface area contributed by atoms with Crippen LogP contribution >= 0.6 is 15.9 Å². The molecule has 0 spiro atoms. The number of anilines is 1. The quantitative estimate of drug-likeness (QED) is 0.561.